The Kier molecular flexibility index (Phi) is 4.95. The lowest BCUT2D eigenvalue weighted by atomic mass is 9.97. The third-order valence-corrected chi connectivity index (χ3v) is 3.73. The lowest BCUT2D eigenvalue weighted by molar-refractivity contribution is 0.368. The van der Waals surface area contributed by atoms with Crippen LogP contribution in [-0.2, 0) is 0 Å². The van der Waals surface area contributed by atoms with Crippen LogP contribution in [-0.4, -0.2) is 35.6 Å². The minimum atomic E-state index is 0.581. The van der Waals surface area contributed by atoms with E-state index in [9.17, 15) is 0 Å². The van der Waals surface area contributed by atoms with E-state index in [1.165, 1.54) is 12.8 Å². The van der Waals surface area contributed by atoms with Crippen molar-refractivity contribution in [2.24, 2.45) is 5.92 Å². The fraction of sp³-hybridized carbons (Fsp3) is 0.692. The summed E-state index contributed by atoms with van der Waals surface area (Å²) in [4.78, 5) is 11.0. The predicted octanol–water partition coefficient (Wildman–Crippen LogP) is 2.45. The highest BCUT2D eigenvalue weighted by molar-refractivity contribution is 9.10. The molecule has 2 heterocycles. The van der Waals surface area contributed by atoms with Crippen LogP contribution in [0.1, 0.15) is 26.7 Å². The molecule has 1 fully saturated rings. The van der Waals surface area contributed by atoms with E-state index in [0.29, 0.717) is 6.04 Å². The maximum atomic E-state index is 4.35. The molecular formula is C13H21BrN4. The van der Waals surface area contributed by atoms with Crippen LogP contribution in [0, 0.1) is 5.92 Å². The zero-order valence-corrected chi connectivity index (χ0v) is 12.7. The second kappa shape index (κ2) is 6.48. The largest absolute Gasteiger partial charge is 0.341 e. The van der Waals surface area contributed by atoms with Crippen molar-refractivity contribution in [1.82, 2.24) is 15.3 Å². The van der Waals surface area contributed by atoms with Crippen LogP contribution in [0.25, 0.3) is 0 Å². The minimum absolute atomic E-state index is 0.581. The number of piperidine rings is 1. The van der Waals surface area contributed by atoms with Crippen molar-refractivity contribution in [3.8, 4) is 0 Å². The average Bonchev–Trinajstić information content (AvgIpc) is 2.38. The van der Waals surface area contributed by atoms with Gasteiger partial charge in [-0.1, -0.05) is 13.8 Å². The summed E-state index contributed by atoms with van der Waals surface area (Å²) in [5, 5.41) is 3.52. The van der Waals surface area contributed by atoms with E-state index in [4.69, 9.17) is 0 Å². The van der Waals surface area contributed by atoms with Crippen LogP contribution in [0.4, 0.5) is 5.95 Å². The Morgan fingerprint density at radius 1 is 1.33 bits per heavy atom. The average molecular weight is 313 g/mol. The summed E-state index contributed by atoms with van der Waals surface area (Å²) in [6.45, 7) is 7.65. The molecule has 1 aliphatic heterocycles. The molecule has 5 heteroatoms. The highest BCUT2D eigenvalue weighted by atomic mass is 79.9. The Labute approximate surface area is 117 Å². The van der Waals surface area contributed by atoms with Crippen molar-refractivity contribution in [3.05, 3.63) is 16.9 Å². The predicted molar refractivity (Wildman–Crippen MR) is 77.8 cm³/mol. The second-order valence-corrected chi connectivity index (χ2v) is 6.11. The first-order valence-electron chi connectivity index (χ1n) is 6.61. The smallest absolute Gasteiger partial charge is 0.225 e. The maximum absolute atomic E-state index is 4.35. The number of nitrogens with zero attached hydrogens (tertiary/aromatic N) is 3. The topological polar surface area (TPSA) is 41.0 Å². The molecule has 1 aromatic heterocycles. The van der Waals surface area contributed by atoms with Gasteiger partial charge < -0.3 is 10.2 Å². The number of hydrogen-bond acceptors (Lipinski definition) is 4. The lowest BCUT2D eigenvalue weighted by Crippen LogP contribution is -2.39. The van der Waals surface area contributed by atoms with Gasteiger partial charge in [-0.2, -0.15) is 0 Å². The molecule has 0 atom stereocenters. The van der Waals surface area contributed by atoms with Gasteiger partial charge in [-0.05, 0) is 41.2 Å². The summed E-state index contributed by atoms with van der Waals surface area (Å²) in [6, 6.07) is 0.581. The fourth-order valence-electron chi connectivity index (χ4n) is 2.21. The molecule has 1 aromatic rings. The van der Waals surface area contributed by atoms with E-state index in [-0.39, 0.29) is 0 Å². The third-order valence-electron chi connectivity index (χ3n) is 3.32. The number of halogens is 1. The van der Waals surface area contributed by atoms with E-state index in [1.54, 1.807) is 0 Å². The number of aromatic nitrogens is 2. The molecule has 0 amide bonds. The Morgan fingerprint density at radius 2 is 1.94 bits per heavy atom. The lowest BCUT2D eigenvalue weighted by Gasteiger charge is -2.32. The highest BCUT2D eigenvalue weighted by Crippen LogP contribution is 2.20. The summed E-state index contributed by atoms with van der Waals surface area (Å²) >= 11 is 3.36. The van der Waals surface area contributed by atoms with Crippen LogP contribution in [0.3, 0.4) is 0 Å². The first kappa shape index (κ1) is 13.7. The van der Waals surface area contributed by atoms with Crippen LogP contribution in [0.2, 0.25) is 0 Å². The van der Waals surface area contributed by atoms with Gasteiger partial charge in [-0.15, -0.1) is 0 Å². The van der Waals surface area contributed by atoms with Crippen molar-refractivity contribution in [3.63, 3.8) is 0 Å². The van der Waals surface area contributed by atoms with Gasteiger partial charge >= 0.3 is 0 Å². The third kappa shape index (κ3) is 3.92. The number of nitrogens with one attached hydrogen (secondary N) is 1. The van der Waals surface area contributed by atoms with Gasteiger partial charge in [0.2, 0.25) is 5.95 Å². The van der Waals surface area contributed by atoms with E-state index >= 15 is 0 Å². The number of rotatable bonds is 4. The molecule has 18 heavy (non-hydrogen) atoms. The second-order valence-electron chi connectivity index (χ2n) is 5.19. The normalized spacial score (nSPS) is 17.4. The summed E-state index contributed by atoms with van der Waals surface area (Å²) in [5.74, 6) is 1.65. The zero-order valence-electron chi connectivity index (χ0n) is 11.1. The molecular weight excluding hydrogens is 292 g/mol. The van der Waals surface area contributed by atoms with Gasteiger partial charge in [0.25, 0.3) is 0 Å². The minimum Gasteiger partial charge on any atom is -0.341 e. The number of hydrogen-bond donors (Lipinski definition) is 1. The van der Waals surface area contributed by atoms with E-state index in [0.717, 1.165) is 36.0 Å². The molecule has 0 spiro atoms. The van der Waals surface area contributed by atoms with Gasteiger partial charge in [0.1, 0.15) is 0 Å². The quantitative estimate of drug-likeness (QED) is 0.927. The number of anilines is 1. The van der Waals surface area contributed by atoms with Crippen molar-refractivity contribution in [2.75, 3.05) is 24.5 Å². The fourth-order valence-corrected chi connectivity index (χ4v) is 2.41. The molecule has 2 rings (SSSR count). The molecule has 1 aliphatic rings. The Morgan fingerprint density at radius 3 is 2.50 bits per heavy atom. The van der Waals surface area contributed by atoms with Crippen molar-refractivity contribution >= 4 is 21.9 Å². The Bertz CT molecular complexity index is 358. The molecule has 0 radical (unpaired) electrons. The molecule has 1 saturated heterocycles. The van der Waals surface area contributed by atoms with E-state index < -0.39 is 0 Å². The highest BCUT2D eigenvalue weighted by Gasteiger charge is 2.20. The van der Waals surface area contributed by atoms with Crippen LogP contribution in [0.5, 0.6) is 0 Å². The summed E-state index contributed by atoms with van der Waals surface area (Å²) in [5.41, 5.74) is 0. The van der Waals surface area contributed by atoms with Gasteiger partial charge in [0, 0.05) is 31.5 Å². The molecule has 0 bridgehead atoms. The maximum Gasteiger partial charge on any atom is 0.225 e. The van der Waals surface area contributed by atoms with Gasteiger partial charge in [0.15, 0.2) is 0 Å². The van der Waals surface area contributed by atoms with Crippen molar-refractivity contribution in [1.29, 1.82) is 0 Å². The van der Waals surface area contributed by atoms with Gasteiger partial charge in [0.05, 0.1) is 4.47 Å². The molecule has 0 saturated carbocycles. The van der Waals surface area contributed by atoms with Crippen molar-refractivity contribution in [2.45, 2.75) is 32.7 Å². The first-order chi connectivity index (χ1) is 8.65. The van der Waals surface area contributed by atoms with Crippen molar-refractivity contribution < 1.29 is 0 Å². The molecule has 0 aliphatic carbocycles. The van der Waals surface area contributed by atoms with E-state index in [2.05, 4.69) is 50.0 Å². The standard InChI is InChI=1S/C13H21BrN4/c1-10(2)15-7-11-3-5-18(6-4-11)13-16-8-12(14)9-17-13/h8-11,15H,3-7H2,1-2H3. The Balaban J connectivity index is 1.81. The molecule has 0 unspecified atom stereocenters. The molecule has 1 N–H and O–H groups in total. The zero-order chi connectivity index (χ0) is 13.0. The summed E-state index contributed by atoms with van der Waals surface area (Å²) < 4.78 is 0.933. The van der Waals surface area contributed by atoms with Crippen LogP contribution < -0.4 is 10.2 Å². The SMILES string of the molecule is CC(C)NCC1CCN(c2ncc(Br)cn2)CC1. The van der Waals surface area contributed by atoms with Gasteiger partial charge in [-0.3, -0.25) is 0 Å². The Hall–Kier alpha value is -0.680. The summed E-state index contributed by atoms with van der Waals surface area (Å²) in [6.07, 6.45) is 6.07. The summed E-state index contributed by atoms with van der Waals surface area (Å²) in [7, 11) is 0. The van der Waals surface area contributed by atoms with Crippen LogP contribution >= 0.6 is 15.9 Å². The molecule has 100 valence electrons. The van der Waals surface area contributed by atoms with Gasteiger partial charge in [-0.25, -0.2) is 9.97 Å². The van der Waals surface area contributed by atoms with Crippen LogP contribution in [0.15, 0.2) is 16.9 Å². The monoisotopic (exact) mass is 312 g/mol. The molecule has 4 nitrogen and oxygen atoms in total. The van der Waals surface area contributed by atoms with E-state index in [1.807, 2.05) is 12.4 Å². The molecule has 0 aromatic carbocycles. The first-order valence-corrected chi connectivity index (χ1v) is 7.40.